The van der Waals surface area contributed by atoms with Gasteiger partial charge in [-0.05, 0) is 35.4 Å². The minimum Gasteiger partial charge on any atom is -0.467 e. The summed E-state index contributed by atoms with van der Waals surface area (Å²) >= 11 is 0. The summed E-state index contributed by atoms with van der Waals surface area (Å²) in [6.45, 7) is 1.99. The van der Waals surface area contributed by atoms with Crippen molar-refractivity contribution in [3.8, 4) is 0 Å². The number of nitrogens with one attached hydrogen (secondary N) is 1. The van der Waals surface area contributed by atoms with Crippen LogP contribution in [0.25, 0.3) is 10.8 Å². The van der Waals surface area contributed by atoms with Gasteiger partial charge in [-0.2, -0.15) is 0 Å². The largest absolute Gasteiger partial charge is 0.467 e. The van der Waals surface area contributed by atoms with Crippen LogP contribution in [0, 0.1) is 6.92 Å². The monoisotopic (exact) mass is 347 g/mol. The van der Waals surface area contributed by atoms with E-state index in [1.54, 1.807) is 6.07 Å². The minimum atomic E-state index is -0.735. The van der Waals surface area contributed by atoms with Crippen LogP contribution in [0.3, 0.4) is 0 Å². The Morgan fingerprint density at radius 3 is 2.46 bits per heavy atom. The van der Waals surface area contributed by atoms with Gasteiger partial charge in [0.1, 0.15) is 6.04 Å². The van der Waals surface area contributed by atoms with Crippen molar-refractivity contribution in [1.82, 2.24) is 5.32 Å². The highest BCUT2D eigenvalue weighted by Gasteiger charge is 2.22. The fourth-order valence-corrected chi connectivity index (χ4v) is 2.98. The lowest BCUT2D eigenvalue weighted by Crippen LogP contribution is -2.43. The van der Waals surface area contributed by atoms with Gasteiger partial charge in [-0.15, -0.1) is 0 Å². The first-order valence-corrected chi connectivity index (χ1v) is 8.50. The normalized spacial score (nSPS) is 11.8. The van der Waals surface area contributed by atoms with Crippen molar-refractivity contribution in [2.45, 2.75) is 19.4 Å². The number of ether oxygens (including phenoxy) is 1. The molecule has 0 bridgehead atoms. The number of benzene rings is 3. The van der Waals surface area contributed by atoms with Crippen molar-refractivity contribution < 1.29 is 14.3 Å². The van der Waals surface area contributed by atoms with E-state index in [9.17, 15) is 9.59 Å². The Hall–Kier alpha value is -3.14. The molecule has 0 aliphatic carbocycles. The van der Waals surface area contributed by atoms with Gasteiger partial charge in [0.25, 0.3) is 5.91 Å². The molecule has 4 heteroatoms. The number of carbonyl (C=O) groups excluding carboxylic acids is 2. The van der Waals surface area contributed by atoms with Crippen molar-refractivity contribution in [3.63, 3.8) is 0 Å². The minimum absolute atomic E-state index is 0.293. The van der Waals surface area contributed by atoms with Gasteiger partial charge in [-0.25, -0.2) is 4.79 Å². The van der Waals surface area contributed by atoms with E-state index in [-0.39, 0.29) is 5.91 Å². The van der Waals surface area contributed by atoms with Crippen molar-refractivity contribution in [2.75, 3.05) is 7.11 Å². The van der Waals surface area contributed by atoms with Crippen LogP contribution in [0.1, 0.15) is 21.5 Å². The molecule has 3 aromatic carbocycles. The Labute approximate surface area is 152 Å². The van der Waals surface area contributed by atoms with Crippen LogP contribution >= 0.6 is 0 Å². The molecule has 4 nitrogen and oxygen atoms in total. The van der Waals surface area contributed by atoms with Crippen LogP contribution in [-0.4, -0.2) is 25.0 Å². The highest BCUT2D eigenvalue weighted by Crippen LogP contribution is 2.16. The summed E-state index contributed by atoms with van der Waals surface area (Å²) < 4.78 is 4.87. The number of aryl methyl sites for hydroxylation is 1. The first-order chi connectivity index (χ1) is 12.6. The molecule has 0 aliphatic heterocycles. The van der Waals surface area contributed by atoms with E-state index in [1.165, 1.54) is 7.11 Å². The molecule has 1 amide bonds. The van der Waals surface area contributed by atoms with Gasteiger partial charge < -0.3 is 10.1 Å². The second kappa shape index (κ2) is 7.83. The summed E-state index contributed by atoms with van der Waals surface area (Å²) in [7, 11) is 1.33. The molecule has 0 spiro atoms. The molecule has 0 aromatic heterocycles. The predicted molar refractivity (Wildman–Crippen MR) is 102 cm³/mol. The fourth-order valence-electron chi connectivity index (χ4n) is 2.98. The highest BCUT2D eigenvalue weighted by molar-refractivity contribution is 6.00. The zero-order valence-corrected chi connectivity index (χ0v) is 14.9. The quantitative estimate of drug-likeness (QED) is 0.717. The lowest BCUT2D eigenvalue weighted by Gasteiger charge is -2.17. The molecule has 26 heavy (non-hydrogen) atoms. The Morgan fingerprint density at radius 2 is 1.73 bits per heavy atom. The average molecular weight is 347 g/mol. The van der Waals surface area contributed by atoms with E-state index in [4.69, 9.17) is 4.74 Å². The zero-order valence-electron chi connectivity index (χ0n) is 14.9. The van der Waals surface area contributed by atoms with E-state index < -0.39 is 12.0 Å². The van der Waals surface area contributed by atoms with E-state index in [1.807, 2.05) is 67.6 Å². The second-order valence-corrected chi connectivity index (χ2v) is 6.30. The molecule has 0 unspecified atom stereocenters. The smallest absolute Gasteiger partial charge is 0.328 e. The number of rotatable bonds is 5. The van der Waals surface area contributed by atoms with Gasteiger partial charge in [0.05, 0.1) is 7.11 Å². The Kier molecular flexibility index (Phi) is 5.32. The summed E-state index contributed by atoms with van der Waals surface area (Å²) in [5.41, 5.74) is 2.59. The van der Waals surface area contributed by atoms with Crippen LogP contribution < -0.4 is 5.32 Å². The van der Waals surface area contributed by atoms with Crippen LogP contribution in [0.15, 0.2) is 66.7 Å². The summed E-state index contributed by atoms with van der Waals surface area (Å²) in [5, 5.41) is 4.85. The van der Waals surface area contributed by atoms with E-state index in [0.29, 0.717) is 12.0 Å². The summed E-state index contributed by atoms with van der Waals surface area (Å²) in [6.07, 6.45) is 0.383. The standard InChI is InChI=1S/C22H21NO3/c1-15-6-5-7-16(12-15)13-20(22(25)26-2)23-21(24)19-11-10-17-8-3-4-9-18(17)14-19/h3-12,14,20H,13H2,1-2H3,(H,23,24)/t20-/m1/s1. The molecule has 132 valence electrons. The molecule has 3 rings (SSSR count). The van der Waals surface area contributed by atoms with E-state index in [0.717, 1.165) is 21.9 Å². The fraction of sp³-hybridized carbons (Fsp3) is 0.182. The first-order valence-electron chi connectivity index (χ1n) is 8.50. The maximum Gasteiger partial charge on any atom is 0.328 e. The topological polar surface area (TPSA) is 55.4 Å². The van der Waals surface area contributed by atoms with Gasteiger partial charge in [0, 0.05) is 12.0 Å². The molecule has 3 aromatic rings. The lowest BCUT2D eigenvalue weighted by atomic mass is 10.0. The Balaban J connectivity index is 1.80. The van der Waals surface area contributed by atoms with Crippen LogP contribution in [-0.2, 0) is 16.0 Å². The first kappa shape index (κ1) is 17.7. The molecule has 0 fully saturated rings. The number of hydrogen-bond donors (Lipinski definition) is 1. The second-order valence-electron chi connectivity index (χ2n) is 6.30. The van der Waals surface area contributed by atoms with Gasteiger partial charge in [0.2, 0.25) is 0 Å². The maximum absolute atomic E-state index is 12.7. The van der Waals surface area contributed by atoms with Gasteiger partial charge in [-0.3, -0.25) is 4.79 Å². The lowest BCUT2D eigenvalue weighted by molar-refractivity contribution is -0.142. The third-order valence-electron chi connectivity index (χ3n) is 4.32. The van der Waals surface area contributed by atoms with E-state index >= 15 is 0 Å². The summed E-state index contributed by atoms with van der Waals surface area (Å²) in [6, 6.07) is 20.4. The number of hydrogen-bond acceptors (Lipinski definition) is 3. The van der Waals surface area contributed by atoms with Crippen molar-refractivity contribution >= 4 is 22.6 Å². The molecule has 0 radical (unpaired) electrons. The van der Waals surface area contributed by atoms with Crippen LogP contribution in [0.4, 0.5) is 0 Å². The maximum atomic E-state index is 12.7. The molecular weight excluding hydrogens is 326 g/mol. The van der Waals surface area contributed by atoms with Gasteiger partial charge in [0.15, 0.2) is 0 Å². The number of carbonyl (C=O) groups is 2. The highest BCUT2D eigenvalue weighted by atomic mass is 16.5. The van der Waals surface area contributed by atoms with E-state index in [2.05, 4.69) is 5.32 Å². The van der Waals surface area contributed by atoms with Crippen molar-refractivity contribution in [2.24, 2.45) is 0 Å². The summed E-state index contributed by atoms with van der Waals surface area (Å²) in [5.74, 6) is -0.751. The molecule has 1 N–H and O–H groups in total. The van der Waals surface area contributed by atoms with Crippen molar-refractivity contribution in [3.05, 3.63) is 83.4 Å². The predicted octanol–water partition coefficient (Wildman–Crippen LogP) is 3.66. The molecule has 0 aliphatic rings. The number of amides is 1. The van der Waals surface area contributed by atoms with Gasteiger partial charge in [-0.1, -0.05) is 60.2 Å². The third-order valence-corrected chi connectivity index (χ3v) is 4.32. The van der Waals surface area contributed by atoms with Gasteiger partial charge >= 0.3 is 5.97 Å². The third kappa shape index (κ3) is 4.09. The Morgan fingerprint density at radius 1 is 0.962 bits per heavy atom. The number of methoxy groups -OCH3 is 1. The Bertz CT molecular complexity index is 949. The van der Waals surface area contributed by atoms with Crippen LogP contribution in [0.2, 0.25) is 0 Å². The number of esters is 1. The van der Waals surface area contributed by atoms with Crippen LogP contribution in [0.5, 0.6) is 0 Å². The molecule has 0 saturated carbocycles. The average Bonchev–Trinajstić information content (AvgIpc) is 2.66. The zero-order chi connectivity index (χ0) is 18.5. The molecule has 0 saturated heterocycles. The molecule has 1 atom stereocenters. The number of fused-ring (bicyclic) bond motifs is 1. The van der Waals surface area contributed by atoms with Crippen molar-refractivity contribution in [1.29, 1.82) is 0 Å². The molecule has 0 heterocycles. The molecular formula is C22H21NO3. The SMILES string of the molecule is COC(=O)[C@@H](Cc1cccc(C)c1)NC(=O)c1ccc2ccccc2c1. The summed E-state index contributed by atoms with van der Waals surface area (Å²) in [4.78, 5) is 24.8.